The summed E-state index contributed by atoms with van der Waals surface area (Å²) >= 11 is 5.96. The van der Waals surface area contributed by atoms with Crippen molar-refractivity contribution in [2.45, 2.75) is 40.8 Å². The molecule has 0 radical (unpaired) electrons. The van der Waals surface area contributed by atoms with Crippen LogP contribution in [0, 0.1) is 27.7 Å². The minimum Gasteiger partial charge on any atom is -0.497 e. The molecule has 0 aliphatic carbocycles. The van der Waals surface area contributed by atoms with E-state index in [0.717, 1.165) is 50.8 Å². The van der Waals surface area contributed by atoms with E-state index in [0.29, 0.717) is 18.1 Å². The summed E-state index contributed by atoms with van der Waals surface area (Å²) in [7, 11) is 1.60. The van der Waals surface area contributed by atoms with E-state index in [9.17, 15) is 19.2 Å². The van der Waals surface area contributed by atoms with Gasteiger partial charge in [-0.15, -0.1) is 0 Å². The molecule has 4 aromatic carbocycles. The first-order chi connectivity index (χ1) is 25.4. The lowest BCUT2D eigenvalue weighted by Crippen LogP contribution is -2.33. The standard InChI is InChI=1S/C22H22N2O3.C21H19ClN2O2/c1-15-5-4-6-18(13-15)24-16(2)7-12-20(22(24)26)21(25)23-14-17-8-10-19(27-3)11-9-17;1-14-5-3-8-18(11-14)24-15(2)9-10-19(21(24)26)20(25)23-13-16-6-4-7-17(22)12-16/h4-13H,14H2,1-3H3,(H,23,25);3-12H,13H2,1-2H3,(H,23,25). The zero-order valence-electron chi connectivity index (χ0n) is 30.3. The second kappa shape index (κ2) is 17.4. The number of nitrogens with zero attached hydrogens (tertiary/aromatic N) is 2. The fourth-order valence-corrected chi connectivity index (χ4v) is 5.94. The summed E-state index contributed by atoms with van der Waals surface area (Å²) in [6.07, 6.45) is 0. The highest BCUT2D eigenvalue weighted by molar-refractivity contribution is 6.30. The fourth-order valence-electron chi connectivity index (χ4n) is 5.73. The number of rotatable bonds is 9. The molecule has 0 spiro atoms. The maximum absolute atomic E-state index is 12.9. The predicted octanol–water partition coefficient (Wildman–Crippen LogP) is 7.43. The Kier molecular flexibility index (Phi) is 12.5. The number of carbonyl (C=O) groups is 2. The molecule has 6 aromatic rings. The van der Waals surface area contributed by atoms with Crippen molar-refractivity contribution in [1.29, 1.82) is 0 Å². The molecule has 0 aliphatic heterocycles. The predicted molar refractivity (Wildman–Crippen MR) is 210 cm³/mol. The molecule has 0 fully saturated rings. The van der Waals surface area contributed by atoms with E-state index in [2.05, 4.69) is 10.6 Å². The molecule has 0 saturated heterocycles. The van der Waals surface area contributed by atoms with E-state index in [1.165, 1.54) is 0 Å². The minimum absolute atomic E-state index is 0.110. The number of carbonyl (C=O) groups excluding carboxylic acids is 2. The Morgan fingerprint density at radius 1 is 0.585 bits per heavy atom. The maximum Gasteiger partial charge on any atom is 0.268 e. The molecule has 2 amide bonds. The van der Waals surface area contributed by atoms with E-state index in [4.69, 9.17) is 16.3 Å². The van der Waals surface area contributed by atoms with Crippen molar-refractivity contribution in [1.82, 2.24) is 19.8 Å². The van der Waals surface area contributed by atoms with Gasteiger partial charge in [-0.3, -0.25) is 28.3 Å². The summed E-state index contributed by atoms with van der Waals surface area (Å²) in [4.78, 5) is 50.9. The average Bonchev–Trinajstić information content (AvgIpc) is 3.14. The van der Waals surface area contributed by atoms with Crippen molar-refractivity contribution < 1.29 is 14.3 Å². The molecule has 0 atom stereocenters. The molecule has 6 rings (SSSR count). The van der Waals surface area contributed by atoms with Crippen molar-refractivity contribution in [2.75, 3.05) is 7.11 Å². The molecule has 0 aliphatic rings. The fraction of sp³-hybridized carbons (Fsp3) is 0.163. The minimum atomic E-state index is -0.406. The van der Waals surface area contributed by atoms with Crippen LogP contribution in [0.15, 0.2) is 131 Å². The van der Waals surface area contributed by atoms with E-state index in [1.54, 1.807) is 52.6 Å². The van der Waals surface area contributed by atoms with Gasteiger partial charge in [-0.1, -0.05) is 60.1 Å². The Bertz CT molecular complexity index is 2380. The molecule has 0 saturated carbocycles. The summed E-state index contributed by atoms with van der Waals surface area (Å²) in [5.41, 5.74) is 6.51. The Labute approximate surface area is 313 Å². The van der Waals surface area contributed by atoms with Crippen molar-refractivity contribution >= 4 is 23.4 Å². The molecule has 53 heavy (non-hydrogen) atoms. The summed E-state index contributed by atoms with van der Waals surface area (Å²) in [6, 6.07) is 36.6. The number of hydrogen-bond acceptors (Lipinski definition) is 5. The summed E-state index contributed by atoms with van der Waals surface area (Å²) < 4.78 is 8.24. The van der Waals surface area contributed by atoms with Crippen LogP contribution in [-0.4, -0.2) is 28.1 Å². The molecule has 0 bridgehead atoms. The highest BCUT2D eigenvalue weighted by Crippen LogP contribution is 2.15. The number of amides is 2. The lowest BCUT2D eigenvalue weighted by molar-refractivity contribution is 0.0941. The van der Waals surface area contributed by atoms with Crippen LogP contribution in [-0.2, 0) is 13.1 Å². The normalized spacial score (nSPS) is 10.5. The third-order valence-electron chi connectivity index (χ3n) is 8.52. The number of pyridine rings is 2. The first-order valence-electron chi connectivity index (χ1n) is 17.0. The molecule has 270 valence electrons. The molecular weight excluding hydrogens is 688 g/mol. The lowest BCUT2D eigenvalue weighted by atomic mass is 10.1. The molecule has 2 N–H and O–H groups in total. The smallest absolute Gasteiger partial charge is 0.268 e. The number of aryl methyl sites for hydroxylation is 4. The molecular formula is C43H41ClN4O5. The van der Waals surface area contributed by atoms with Gasteiger partial charge in [0, 0.05) is 40.9 Å². The maximum atomic E-state index is 12.9. The average molecular weight is 729 g/mol. The number of ether oxygens (including phenoxy) is 1. The van der Waals surface area contributed by atoms with Gasteiger partial charge in [0.1, 0.15) is 16.9 Å². The SMILES string of the molecule is COc1ccc(CNC(=O)c2ccc(C)n(-c3cccc(C)c3)c2=O)cc1.Cc1cccc(-n2c(C)ccc(C(=O)NCc3cccc(Cl)c3)c2=O)c1. The van der Waals surface area contributed by atoms with Crippen LogP contribution in [0.2, 0.25) is 5.02 Å². The highest BCUT2D eigenvalue weighted by atomic mass is 35.5. The Hall–Kier alpha value is -6.19. The monoisotopic (exact) mass is 728 g/mol. The van der Waals surface area contributed by atoms with E-state index >= 15 is 0 Å². The number of benzene rings is 4. The number of hydrogen-bond donors (Lipinski definition) is 2. The lowest BCUT2D eigenvalue weighted by Gasteiger charge is -2.13. The van der Waals surface area contributed by atoms with Gasteiger partial charge < -0.3 is 15.4 Å². The zero-order valence-corrected chi connectivity index (χ0v) is 31.0. The van der Waals surface area contributed by atoms with E-state index < -0.39 is 11.8 Å². The van der Waals surface area contributed by atoms with Gasteiger partial charge in [0.2, 0.25) is 0 Å². The van der Waals surface area contributed by atoms with Crippen molar-refractivity contribution in [3.8, 4) is 17.1 Å². The second-order valence-electron chi connectivity index (χ2n) is 12.6. The Balaban J connectivity index is 0.000000204. The molecule has 10 heteroatoms. The van der Waals surface area contributed by atoms with Crippen LogP contribution in [0.1, 0.15) is 54.4 Å². The van der Waals surface area contributed by atoms with Crippen LogP contribution in [0.4, 0.5) is 0 Å². The van der Waals surface area contributed by atoms with Crippen LogP contribution >= 0.6 is 11.6 Å². The topological polar surface area (TPSA) is 111 Å². The molecule has 9 nitrogen and oxygen atoms in total. The van der Waals surface area contributed by atoms with Crippen molar-refractivity contribution in [3.63, 3.8) is 0 Å². The van der Waals surface area contributed by atoms with Crippen molar-refractivity contribution in [3.05, 3.63) is 192 Å². The first-order valence-corrected chi connectivity index (χ1v) is 17.4. The number of aromatic nitrogens is 2. The molecule has 2 aromatic heterocycles. The number of methoxy groups -OCH3 is 1. The third kappa shape index (κ3) is 9.58. The van der Waals surface area contributed by atoms with Gasteiger partial charge in [0.25, 0.3) is 22.9 Å². The Morgan fingerprint density at radius 2 is 1.06 bits per heavy atom. The molecule has 2 heterocycles. The Morgan fingerprint density at radius 3 is 1.51 bits per heavy atom. The second-order valence-corrected chi connectivity index (χ2v) is 13.0. The number of halogens is 1. The van der Waals surface area contributed by atoms with E-state index in [1.807, 2.05) is 113 Å². The van der Waals surface area contributed by atoms with Crippen LogP contribution in [0.3, 0.4) is 0 Å². The summed E-state index contributed by atoms with van der Waals surface area (Å²) in [5, 5.41) is 6.20. The van der Waals surface area contributed by atoms with E-state index in [-0.39, 0.29) is 22.2 Å². The third-order valence-corrected chi connectivity index (χ3v) is 8.75. The zero-order chi connectivity index (χ0) is 38.1. The largest absolute Gasteiger partial charge is 0.497 e. The van der Waals surface area contributed by atoms with Crippen LogP contribution < -0.4 is 26.5 Å². The van der Waals surface area contributed by atoms with Gasteiger partial charge in [0.15, 0.2) is 0 Å². The van der Waals surface area contributed by atoms with Gasteiger partial charge in [-0.2, -0.15) is 0 Å². The molecule has 0 unspecified atom stereocenters. The van der Waals surface area contributed by atoms with Gasteiger partial charge in [0.05, 0.1) is 7.11 Å². The van der Waals surface area contributed by atoms with Crippen LogP contribution in [0.25, 0.3) is 11.4 Å². The number of nitrogens with one attached hydrogen (secondary N) is 2. The highest BCUT2D eigenvalue weighted by Gasteiger charge is 2.16. The quantitative estimate of drug-likeness (QED) is 0.161. The van der Waals surface area contributed by atoms with Gasteiger partial charge >= 0.3 is 0 Å². The van der Waals surface area contributed by atoms with Crippen molar-refractivity contribution in [2.24, 2.45) is 0 Å². The van der Waals surface area contributed by atoms with Gasteiger partial charge in [-0.25, -0.2) is 0 Å². The first kappa shape index (κ1) is 38.1. The summed E-state index contributed by atoms with van der Waals surface area (Å²) in [6.45, 7) is 8.26. The van der Waals surface area contributed by atoms with Gasteiger partial charge in [-0.05, 0) is 123 Å². The van der Waals surface area contributed by atoms with Crippen LogP contribution in [0.5, 0.6) is 5.75 Å². The summed E-state index contributed by atoms with van der Waals surface area (Å²) in [5.74, 6) is -0.0433.